The van der Waals surface area contributed by atoms with Crippen molar-refractivity contribution in [1.29, 1.82) is 0 Å². The second-order valence-corrected chi connectivity index (χ2v) is 8.93. The molecule has 1 atom stereocenters. The van der Waals surface area contributed by atoms with E-state index >= 15 is 0 Å². The summed E-state index contributed by atoms with van der Waals surface area (Å²) in [6, 6.07) is 0. The van der Waals surface area contributed by atoms with Crippen LogP contribution in [-0.2, 0) is 10.1 Å². The minimum Gasteiger partial charge on any atom is -0.285 e. The van der Waals surface area contributed by atoms with Gasteiger partial charge in [-0.3, -0.25) is 4.55 Å². The van der Waals surface area contributed by atoms with E-state index in [1.807, 2.05) is 12.2 Å². The molecule has 1 aliphatic rings. The maximum Gasteiger partial charge on any atom is 0.274 e. The van der Waals surface area contributed by atoms with Crippen molar-refractivity contribution < 1.29 is 13.0 Å². The summed E-state index contributed by atoms with van der Waals surface area (Å²) in [6.45, 7) is 2.25. The Hall–Kier alpha value is -0.610. The van der Waals surface area contributed by atoms with Gasteiger partial charge < -0.3 is 0 Å². The maximum absolute atomic E-state index is 11.7. The second kappa shape index (κ2) is 11.9. The molecule has 0 radical (unpaired) electrons. The molecule has 3 nitrogen and oxygen atoms in total. The zero-order chi connectivity index (χ0) is 17.7. The van der Waals surface area contributed by atoms with Gasteiger partial charge in [0.2, 0.25) is 0 Å². The first-order valence-corrected chi connectivity index (χ1v) is 11.3. The average Bonchev–Trinajstić information content (AvgIpc) is 2.56. The third kappa shape index (κ3) is 7.98. The minimum atomic E-state index is -4.04. The van der Waals surface area contributed by atoms with E-state index in [9.17, 15) is 13.0 Å². The highest BCUT2D eigenvalue weighted by molar-refractivity contribution is 7.87. The summed E-state index contributed by atoms with van der Waals surface area (Å²) in [5.41, 5.74) is 0. The van der Waals surface area contributed by atoms with Crippen LogP contribution in [0.3, 0.4) is 0 Å². The van der Waals surface area contributed by atoms with E-state index in [0.29, 0.717) is 12.8 Å². The van der Waals surface area contributed by atoms with Crippen LogP contribution in [0.15, 0.2) is 24.3 Å². The molecule has 0 heterocycles. The van der Waals surface area contributed by atoms with Crippen LogP contribution in [0, 0.1) is 0 Å². The number of allylic oxidation sites excluding steroid dienone is 3. The minimum absolute atomic E-state index is 0.389. The Labute approximate surface area is 149 Å². The van der Waals surface area contributed by atoms with Gasteiger partial charge in [-0.25, -0.2) is 0 Å². The molecule has 0 saturated carbocycles. The monoisotopic (exact) mass is 356 g/mol. The molecule has 0 amide bonds. The molecule has 0 aliphatic heterocycles. The van der Waals surface area contributed by atoms with Crippen LogP contribution in [0.5, 0.6) is 0 Å². The van der Waals surface area contributed by atoms with Crippen molar-refractivity contribution in [1.82, 2.24) is 0 Å². The number of hydrogen-bond donors (Lipinski definition) is 1. The van der Waals surface area contributed by atoms with Gasteiger partial charge in [-0.05, 0) is 12.8 Å². The largest absolute Gasteiger partial charge is 0.285 e. The van der Waals surface area contributed by atoms with Crippen molar-refractivity contribution in [2.75, 3.05) is 0 Å². The van der Waals surface area contributed by atoms with E-state index in [-0.39, 0.29) is 0 Å². The van der Waals surface area contributed by atoms with Crippen LogP contribution in [-0.4, -0.2) is 17.7 Å². The Kier molecular flexibility index (Phi) is 10.6. The van der Waals surface area contributed by atoms with Crippen molar-refractivity contribution in [3.8, 4) is 0 Å². The van der Waals surface area contributed by atoms with E-state index in [0.717, 1.165) is 19.3 Å². The molecule has 0 bridgehead atoms. The quantitative estimate of drug-likeness (QED) is 0.297. The van der Waals surface area contributed by atoms with E-state index in [2.05, 4.69) is 6.92 Å². The molecule has 1 N–H and O–H groups in total. The molecule has 1 aliphatic carbocycles. The molecule has 1 unspecified atom stereocenters. The Morgan fingerprint density at radius 2 is 1.33 bits per heavy atom. The summed E-state index contributed by atoms with van der Waals surface area (Å²) in [5, 5.41) is 0. The lowest BCUT2D eigenvalue weighted by molar-refractivity contribution is 0.426. The molecule has 0 fully saturated rings. The highest BCUT2D eigenvalue weighted by Crippen LogP contribution is 2.32. The fraction of sp³-hybridized carbons (Fsp3) is 0.800. The zero-order valence-corrected chi connectivity index (χ0v) is 16.2. The Bertz CT molecular complexity index is 479. The normalized spacial score (nSPS) is 20.6. The van der Waals surface area contributed by atoms with Gasteiger partial charge in [0.1, 0.15) is 4.75 Å². The third-order valence-electron chi connectivity index (χ3n) is 5.08. The molecule has 0 saturated heterocycles. The van der Waals surface area contributed by atoms with Crippen molar-refractivity contribution in [3.63, 3.8) is 0 Å². The van der Waals surface area contributed by atoms with E-state index in [1.54, 1.807) is 12.2 Å². The third-order valence-corrected chi connectivity index (χ3v) is 6.61. The molecule has 4 heteroatoms. The van der Waals surface area contributed by atoms with Crippen LogP contribution in [0.2, 0.25) is 0 Å². The summed E-state index contributed by atoms with van der Waals surface area (Å²) in [6.07, 6.45) is 23.1. The highest BCUT2D eigenvalue weighted by Gasteiger charge is 2.39. The predicted octanol–water partition coefficient (Wildman–Crippen LogP) is 6.22. The van der Waals surface area contributed by atoms with Gasteiger partial charge in [0.05, 0.1) is 0 Å². The molecule has 24 heavy (non-hydrogen) atoms. The Morgan fingerprint density at radius 3 is 1.75 bits per heavy atom. The van der Waals surface area contributed by atoms with Crippen molar-refractivity contribution in [2.24, 2.45) is 0 Å². The Balaban J connectivity index is 2.05. The summed E-state index contributed by atoms with van der Waals surface area (Å²) in [5.74, 6) is 0. The first-order valence-electron chi connectivity index (χ1n) is 9.83. The first-order chi connectivity index (χ1) is 11.5. The van der Waals surface area contributed by atoms with Crippen molar-refractivity contribution in [3.05, 3.63) is 24.3 Å². The number of rotatable bonds is 14. The molecular formula is C20H36O3S. The zero-order valence-electron chi connectivity index (χ0n) is 15.4. The molecule has 1 rings (SSSR count). The smallest absolute Gasteiger partial charge is 0.274 e. The van der Waals surface area contributed by atoms with Gasteiger partial charge in [-0.1, -0.05) is 108 Å². The SMILES string of the molecule is CCCCCCCCCCCCCCC1(S(=O)(=O)O)C=CC=CC1. The molecular weight excluding hydrogens is 320 g/mol. The maximum atomic E-state index is 11.7. The molecule has 0 aromatic carbocycles. The molecule has 0 aromatic heterocycles. The second-order valence-electron chi connectivity index (χ2n) is 7.17. The van der Waals surface area contributed by atoms with Crippen molar-refractivity contribution >= 4 is 10.1 Å². The lowest BCUT2D eigenvalue weighted by atomic mass is 9.93. The lowest BCUT2D eigenvalue weighted by Crippen LogP contribution is -2.36. The molecule has 0 aromatic rings. The van der Waals surface area contributed by atoms with Gasteiger partial charge >= 0.3 is 0 Å². The fourth-order valence-corrected chi connectivity index (χ4v) is 4.38. The molecule has 140 valence electrons. The average molecular weight is 357 g/mol. The van der Waals surface area contributed by atoms with E-state index < -0.39 is 14.9 Å². The lowest BCUT2D eigenvalue weighted by Gasteiger charge is -2.27. The van der Waals surface area contributed by atoms with Crippen LogP contribution in [0.4, 0.5) is 0 Å². The fourth-order valence-electron chi connectivity index (χ4n) is 3.42. The topological polar surface area (TPSA) is 54.4 Å². The van der Waals surface area contributed by atoms with Crippen molar-refractivity contribution in [2.45, 2.75) is 102 Å². The first kappa shape index (κ1) is 21.4. The van der Waals surface area contributed by atoms with Gasteiger partial charge in [0.15, 0.2) is 0 Å². The van der Waals surface area contributed by atoms with Crippen LogP contribution in [0.1, 0.15) is 96.8 Å². The van der Waals surface area contributed by atoms with E-state index in [4.69, 9.17) is 0 Å². The van der Waals surface area contributed by atoms with Gasteiger partial charge in [0, 0.05) is 0 Å². The van der Waals surface area contributed by atoms with Crippen LogP contribution >= 0.6 is 0 Å². The summed E-state index contributed by atoms with van der Waals surface area (Å²) < 4.78 is 31.9. The van der Waals surface area contributed by atoms with Gasteiger partial charge in [0.25, 0.3) is 10.1 Å². The highest BCUT2D eigenvalue weighted by atomic mass is 32.2. The number of hydrogen-bond acceptors (Lipinski definition) is 2. The number of unbranched alkanes of at least 4 members (excludes halogenated alkanes) is 11. The Morgan fingerprint density at radius 1 is 0.833 bits per heavy atom. The summed E-state index contributed by atoms with van der Waals surface area (Å²) in [4.78, 5) is 0. The van der Waals surface area contributed by atoms with Crippen LogP contribution in [0.25, 0.3) is 0 Å². The summed E-state index contributed by atoms with van der Waals surface area (Å²) in [7, 11) is -4.04. The van der Waals surface area contributed by atoms with Crippen LogP contribution < -0.4 is 0 Å². The molecule has 0 spiro atoms. The summed E-state index contributed by atoms with van der Waals surface area (Å²) >= 11 is 0. The van der Waals surface area contributed by atoms with Gasteiger partial charge in [-0.15, -0.1) is 0 Å². The van der Waals surface area contributed by atoms with Gasteiger partial charge in [-0.2, -0.15) is 8.42 Å². The predicted molar refractivity (Wildman–Crippen MR) is 103 cm³/mol. The standard InChI is InChI=1S/C20H36O3S/c1-2-3-4-5-6-7-8-9-10-11-12-14-17-20(24(21,22)23)18-15-13-16-19-20/h13,15-16,18H,2-12,14,17,19H2,1H3,(H,21,22,23). The van der Waals surface area contributed by atoms with E-state index in [1.165, 1.54) is 57.8 Å².